The molecule has 0 spiro atoms. The Balaban J connectivity index is 1.55. The smallest absolute Gasteiger partial charge is 0.0406 e. The molecule has 3 heteroatoms. The number of hydrogen-bond acceptors (Lipinski definition) is 1. The maximum atomic E-state index is 5.94. The molecule has 2 aromatic carbocycles. The fourth-order valence-electron chi connectivity index (χ4n) is 3.02. The van der Waals surface area contributed by atoms with Crippen LogP contribution in [0.2, 0.25) is 5.02 Å². The van der Waals surface area contributed by atoms with E-state index in [9.17, 15) is 0 Å². The van der Waals surface area contributed by atoms with Crippen molar-refractivity contribution in [3.8, 4) is 0 Å². The van der Waals surface area contributed by atoms with Crippen molar-refractivity contribution in [3.05, 3.63) is 69.2 Å². The Kier molecular flexibility index (Phi) is 4.68. The van der Waals surface area contributed by atoms with Crippen molar-refractivity contribution in [1.82, 2.24) is 5.32 Å². The third-order valence-corrected chi connectivity index (χ3v) is 5.31. The first kappa shape index (κ1) is 15.1. The van der Waals surface area contributed by atoms with Crippen molar-refractivity contribution in [1.29, 1.82) is 0 Å². The molecule has 21 heavy (non-hydrogen) atoms. The van der Waals surface area contributed by atoms with E-state index < -0.39 is 0 Å². The summed E-state index contributed by atoms with van der Waals surface area (Å²) in [5, 5.41) is 4.51. The zero-order valence-electron chi connectivity index (χ0n) is 12.0. The molecule has 0 radical (unpaired) electrons. The van der Waals surface area contributed by atoms with Gasteiger partial charge in [-0.2, -0.15) is 0 Å². The molecule has 1 aliphatic carbocycles. The lowest BCUT2D eigenvalue weighted by molar-refractivity contribution is 0.270. The molecule has 0 amide bonds. The van der Waals surface area contributed by atoms with Crippen LogP contribution >= 0.6 is 27.5 Å². The zero-order chi connectivity index (χ0) is 14.8. The number of benzene rings is 2. The van der Waals surface area contributed by atoms with Gasteiger partial charge in [-0.15, -0.1) is 0 Å². The van der Waals surface area contributed by atoms with E-state index in [0.717, 1.165) is 5.02 Å². The van der Waals surface area contributed by atoms with Crippen LogP contribution in [-0.2, 0) is 0 Å². The Bertz CT molecular complexity index is 605. The van der Waals surface area contributed by atoms with Crippen LogP contribution in [0.1, 0.15) is 42.9 Å². The van der Waals surface area contributed by atoms with E-state index in [1.165, 1.54) is 28.4 Å². The van der Waals surface area contributed by atoms with Crippen molar-refractivity contribution in [2.45, 2.75) is 37.8 Å². The highest BCUT2D eigenvalue weighted by atomic mass is 79.9. The minimum atomic E-state index is 0.368. The molecule has 0 saturated heterocycles. The van der Waals surface area contributed by atoms with E-state index in [2.05, 4.69) is 64.6 Å². The largest absolute Gasteiger partial charge is 0.307 e. The van der Waals surface area contributed by atoms with E-state index in [1.54, 1.807) is 0 Å². The Hall–Kier alpha value is -0.830. The molecule has 0 heterocycles. The molecule has 1 aliphatic rings. The molecule has 2 aromatic rings. The van der Waals surface area contributed by atoms with Gasteiger partial charge in [-0.1, -0.05) is 57.9 Å². The van der Waals surface area contributed by atoms with Crippen LogP contribution < -0.4 is 5.32 Å². The summed E-state index contributed by atoms with van der Waals surface area (Å²) in [6.07, 6.45) is 2.42. The van der Waals surface area contributed by atoms with Crippen LogP contribution in [0.4, 0.5) is 0 Å². The Morgan fingerprint density at radius 2 is 1.76 bits per heavy atom. The maximum absolute atomic E-state index is 5.94. The van der Waals surface area contributed by atoms with Gasteiger partial charge in [0.25, 0.3) is 0 Å². The molecule has 1 nitrogen and oxygen atoms in total. The van der Waals surface area contributed by atoms with Gasteiger partial charge in [0.1, 0.15) is 0 Å². The molecule has 3 rings (SSSR count). The van der Waals surface area contributed by atoms with Gasteiger partial charge in [0.2, 0.25) is 0 Å². The molecule has 110 valence electrons. The van der Waals surface area contributed by atoms with Gasteiger partial charge < -0.3 is 5.32 Å². The van der Waals surface area contributed by atoms with Gasteiger partial charge in [-0.3, -0.25) is 0 Å². The maximum Gasteiger partial charge on any atom is 0.0406 e. The number of rotatable bonds is 4. The minimum absolute atomic E-state index is 0.368. The summed E-state index contributed by atoms with van der Waals surface area (Å²) in [6, 6.07) is 17.6. The van der Waals surface area contributed by atoms with E-state index in [1.807, 2.05) is 12.1 Å². The Morgan fingerprint density at radius 3 is 2.43 bits per heavy atom. The number of hydrogen-bond donors (Lipinski definition) is 1. The van der Waals surface area contributed by atoms with Crippen molar-refractivity contribution in [2.24, 2.45) is 0 Å². The van der Waals surface area contributed by atoms with Crippen LogP contribution in [0.5, 0.6) is 0 Å². The standard InChI is InChI=1S/C18H19BrClN/c1-12(13-6-8-15(20)9-7-13)21-16-10-14(11-16)17-4-2-3-5-18(17)19/h2-9,12,14,16,21H,10-11H2,1H3/t12-,14?,16?/m0/s1. The third kappa shape index (κ3) is 3.50. The predicted octanol–water partition coefficient (Wildman–Crippen LogP) is 5.70. The van der Waals surface area contributed by atoms with Gasteiger partial charge in [0.05, 0.1) is 0 Å². The van der Waals surface area contributed by atoms with Gasteiger partial charge in [0.15, 0.2) is 0 Å². The van der Waals surface area contributed by atoms with Gasteiger partial charge in [-0.25, -0.2) is 0 Å². The lowest BCUT2D eigenvalue weighted by Gasteiger charge is -2.38. The lowest BCUT2D eigenvalue weighted by Crippen LogP contribution is -2.41. The van der Waals surface area contributed by atoms with Crippen LogP contribution in [0, 0.1) is 0 Å². The summed E-state index contributed by atoms with van der Waals surface area (Å²) in [5.41, 5.74) is 2.73. The van der Waals surface area contributed by atoms with E-state index >= 15 is 0 Å². The highest BCUT2D eigenvalue weighted by molar-refractivity contribution is 9.10. The van der Waals surface area contributed by atoms with Crippen molar-refractivity contribution in [3.63, 3.8) is 0 Å². The first-order valence-corrected chi connectivity index (χ1v) is 8.56. The zero-order valence-corrected chi connectivity index (χ0v) is 14.4. The average Bonchev–Trinajstić information content (AvgIpc) is 2.44. The van der Waals surface area contributed by atoms with Crippen LogP contribution in [0.25, 0.3) is 0 Å². The molecule has 0 aromatic heterocycles. The summed E-state index contributed by atoms with van der Waals surface area (Å²) in [7, 11) is 0. The van der Waals surface area contributed by atoms with Gasteiger partial charge >= 0.3 is 0 Å². The Labute approximate surface area is 139 Å². The van der Waals surface area contributed by atoms with Gasteiger partial charge in [-0.05, 0) is 55.0 Å². The van der Waals surface area contributed by atoms with Crippen LogP contribution in [-0.4, -0.2) is 6.04 Å². The van der Waals surface area contributed by atoms with Gasteiger partial charge in [0, 0.05) is 21.6 Å². The predicted molar refractivity (Wildman–Crippen MR) is 92.9 cm³/mol. The molecular formula is C18H19BrClN. The fourth-order valence-corrected chi connectivity index (χ4v) is 3.75. The summed E-state index contributed by atoms with van der Waals surface area (Å²) < 4.78 is 1.24. The fraction of sp³-hybridized carbons (Fsp3) is 0.333. The molecule has 0 aliphatic heterocycles. The van der Waals surface area contributed by atoms with Crippen molar-refractivity contribution in [2.75, 3.05) is 0 Å². The minimum Gasteiger partial charge on any atom is -0.307 e. The molecule has 1 N–H and O–H groups in total. The van der Waals surface area contributed by atoms with Crippen LogP contribution in [0.3, 0.4) is 0 Å². The lowest BCUT2D eigenvalue weighted by atomic mass is 9.75. The monoisotopic (exact) mass is 363 g/mol. The molecule has 1 saturated carbocycles. The first-order valence-electron chi connectivity index (χ1n) is 7.39. The summed E-state index contributed by atoms with van der Waals surface area (Å²) in [5.74, 6) is 0.676. The highest BCUT2D eigenvalue weighted by Crippen LogP contribution is 2.40. The molecule has 1 atom stereocenters. The summed E-state index contributed by atoms with van der Waals surface area (Å²) in [4.78, 5) is 0. The van der Waals surface area contributed by atoms with E-state index in [-0.39, 0.29) is 0 Å². The summed E-state index contributed by atoms with van der Waals surface area (Å²) in [6.45, 7) is 2.22. The molecule has 0 bridgehead atoms. The van der Waals surface area contributed by atoms with E-state index in [0.29, 0.717) is 18.0 Å². The topological polar surface area (TPSA) is 12.0 Å². The van der Waals surface area contributed by atoms with Crippen molar-refractivity contribution < 1.29 is 0 Å². The quantitative estimate of drug-likeness (QED) is 0.734. The average molecular weight is 365 g/mol. The van der Waals surface area contributed by atoms with E-state index in [4.69, 9.17) is 11.6 Å². The normalized spacial score (nSPS) is 22.6. The highest BCUT2D eigenvalue weighted by Gasteiger charge is 2.32. The van der Waals surface area contributed by atoms with Crippen molar-refractivity contribution >= 4 is 27.5 Å². The second kappa shape index (κ2) is 6.51. The molecule has 0 unspecified atom stereocenters. The second-order valence-electron chi connectivity index (χ2n) is 5.83. The van der Waals surface area contributed by atoms with Crippen LogP contribution in [0.15, 0.2) is 53.0 Å². The number of nitrogens with one attached hydrogen (secondary N) is 1. The molecular weight excluding hydrogens is 346 g/mol. The SMILES string of the molecule is C[C@H](NC1CC(c2ccccc2Br)C1)c1ccc(Cl)cc1. The second-order valence-corrected chi connectivity index (χ2v) is 7.12. The summed E-state index contributed by atoms with van der Waals surface area (Å²) >= 11 is 9.59. The Morgan fingerprint density at radius 1 is 1.10 bits per heavy atom. The molecule has 1 fully saturated rings. The number of halogens is 2. The first-order chi connectivity index (χ1) is 10.1. The third-order valence-electron chi connectivity index (χ3n) is 4.34.